The number of nitrogens with zero attached hydrogens (tertiary/aromatic N) is 3. The van der Waals surface area contributed by atoms with Gasteiger partial charge in [0.1, 0.15) is 0 Å². The van der Waals surface area contributed by atoms with Gasteiger partial charge in [-0.1, -0.05) is 0 Å². The predicted molar refractivity (Wildman–Crippen MR) is 72.3 cm³/mol. The van der Waals surface area contributed by atoms with Crippen molar-refractivity contribution in [2.75, 3.05) is 14.2 Å². The third-order valence-electron chi connectivity index (χ3n) is 2.64. The Morgan fingerprint density at radius 3 is 1.68 bits per heavy atom. The quantitative estimate of drug-likeness (QED) is 0.828. The van der Waals surface area contributed by atoms with Crippen molar-refractivity contribution >= 4 is 11.9 Å². The topological polar surface area (TPSA) is 132 Å². The first-order valence-electron chi connectivity index (χ1n) is 5.90. The summed E-state index contributed by atoms with van der Waals surface area (Å²) >= 11 is 0. The van der Waals surface area contributed by atoms with Crippen LogP contribution in [0.1, 0.15) is 20.7 Å². The van der Waals surface area contributed by atoms with Crippen molar-refractivity contribution in [2.24, 2.45) is 0 Å². The molecular weight excluding hydrogens is 294 g/mol. The fourth-order valence-corrected chi connectivity index (χ4v) is 1.65. The zero-order valence-electron chi connectivity index (χ0n) is 11.6. The van der Waals surface area contributed by atoms with Crippen molar-refractivity contribution < 1.29 is 29.3 Å². The first-order valence-corrected chi connectivity index (χ1v) is 5.90. The van der Waals surface area contributed by atoms with Crippen LogP contribution in [-0.2, 0) is 0 Å². The maximum absolute atomic E-state index is 11.1. The van der Waals surface area contributed by atoms with Crippen molar-refractivity contribution in [1.29, 1.82) is 0 Å². The normalized spacial score (nSPS) is 10.1. The monoisotopic (exact) mass is 305 g/mol. The van der Waals surface area contributed by atoms with Gasteiger partial charge in [-0.15, -0.1) is 4.98 Å². The molecule has 0 saturated heterocycles. The number of aromatic nitrogens is 3. The molecule has 22 heavy (non-hydrogen) atoms. The highest BCUT2D eigenvalue weighted by Gasteiger charge is 2.16. The summed E-state index contributed by atoms with van der Waals surface area (Å²) < 4.78 is 9.80. The maximum Gasteiger partial charge on any atom is 0.335 e. The predicted octanol–water partition coefficient (Wildman–Crippen LogP) is 0.952. The molecule has 0 fully saturated rings. The van der Waals surface area contributed by atoms with Crippen molar-refractivity contribution in [1.82, 2.24) is 15.0 Å². The molecule has 1 aromatic carbocycles. The van der Waals surface area contributed by atoms with Crippen LogP contribution in [-0.4, -0.2) is 51.3 Å². The molecule has 0 aliphatic carbocycles. The van der Waals surface area contributed by atoms with Gasteiger partial charge in [-0.25, -0.2) is 9.59 Å². The van der Waals surface area contributed by atoms with Crippen LogP contribution in [0.25, 0.3) is 11.4 Å². The molecule has 2 rings (SSSR count). The Hall–Kier alpha value is -3.23. The third-order valence-corrected chi connectivity index (χ3v) is 2.64. The molecule has 0 spiro atoms. The Bertz CT molecular complexity index is 692. The molecule has 1 heterocycles. The molecule has 2 N–H and O–H groups in total. The minimum absolute atomic E-state index is 0.0364. The second kappa shape index (κ2) is 6.04. The maximum atomic E-state index is 11.1. The number of carbonyl (C=O) groups is 2. The molecule has 114 valence electrons. The SMILES string of the molecule is COc1nc(OC)nc(-c2cc(C(=O)O)cc(C(=O)O)c2)n1. The Kier molecular flexibility index (Phi) is 4.16. The van der Waals surface area contributed by atoms with E-state index in [1.54, 1.807) is 0 Å². The van der Waals surface area contributed by atoms with Crippen LogP contribution in [0.4, 0.5) is 0 Å². The molecule has 9 heteroatoms. The number of rotatable bonds is 5. The number of aromatic carboxylic acids is 2. The van der Waals surface area contributed by atoms with Crippen molar-refractivity contribution in [3.63, 3.8) is 0 Å². The average Bonchev–Trinajstić information content (AvgIpc) is 2.53. The van der Waals surface area contributed by atoms with Crippen LogP contribution >= 0.6 is 0 Å². The average molecular weight is 305 g/mol. The second-order valence-electron chi connectivity index (χ2n) is 4.04. The molecule has 9 nitrogen and oxygen atoms in total. The van der Waals surface area contributed by atoms with Crippen molar-refractivity contribution in [3.8, 4) is 23.4 Å². The van der Waals surface area contributed by atoms with E-state index in [4.69, 9.17) is 19.7 Å². The molecular formula is C13H11N3O6. The van der Waals surface area contributed by atoms with Gasteiger partial charge in [-0.3, -0.25) is 0 Å². The fourth-order valence-electron chi connectivity index (χ4n) is 1.65. The molecule has 2 aromatic rings. The van der Waals surface area contributed by atoms with Crippen molar-refractivity contribution in [3.05, 3.63) is 29.3 Å². The van der Waals surface area contributed by atoms with Crippen LogP contribution < -0.4 is 9.47 Å². The molecule has 0 aliphatic heterocycles. The van der Waals surface area contributed by atoms with E-state index in [9.17, 15) is 9.59 Å². The van der Waals surface area contributed by atoms with E-state index in [0.717, 1.165) is 6.07 Å². The van der Waals surface area contributed by atoms with Gasteiger partial charge in [0.2, 0.25) is 0 Å². The Balaban J connectivity index is 2.65. The lowest BCUT2D eigenvalue weighted by Crippen LogP contribution is -2.05. The highest BCUT2D eigenvalue weighted by Crippen LogP contribution is 2.22. The standard InChI is InChI=1S/C13H11N3O6/c1-21-12-14-9(15-13(16-12)22-2)6-3-7(10(17)18)5-8(4-6)11(19)20/h3-5H,1-2H3,(H,17,18)(H,19,20). The van der Waals surface area contributed by atoms with Gasteiger partial charge in [-0.05, 0) is 18.2 Å². The lowest BCUT2D eigenvalue weighted by molar-refractivity contribution is 0.0696. The smallest absolute Gasteiger partial charge is 0.335 e. The fraction of sp³-hybridized carbons (Fsp3) is 0.154. The van der Waals surface area contributed by atoms with Crippen LogP contribution in [0.15, 0.2) is 18.2 Å². The first kappa shape index (κ1) is 15.2. The molecule has 0 amide bonds. The molecule has 0 radical (unpaired) electrons. The number of ether oxygens (including phenoxy) is 2. The summed E-state index contributed by atoms with van der Waals surface area (Å²) in [6, 6.07) is 3.47. The number of hydrogen-bond donors (Lipinski definition) is 2. The lowest BCUT2D eigenvalue weighted by Gasteiger charge is -2.07. The number of benzene rings is 1. The van der Waals surface area contributed by atoms with Gasteiger partial charge >= 0.3 is 24.0 Å². The molecule has 1 aromatic heterocycles. The van der Waals surface area contributed by atoms with Gasteiger partial charge in [0.15, 0.2) is 5.82 Å². The number of carboxylic acids is 2. The number of methoxy groups -OCH3 is 2. The summed E-state index contributed by atoms with van der Waals surface area (Å²) in [5.41, 5.74) is -0.210. The van der Waals surface area contributed by atoms with Crippen LogP contribution in [0.3, 0.4) is 0 Å². The van der Waals surface area contributed by atoms with Gasteiger partial charge in [0, 0.05) is 5.56 Å². The minimum Gasteiger partial charge on any atom is -0.478 e. The van der Waals surface area contributed by atoms with E-state index in [1.807, 2.05) is 0 Å². The molecule has 0 unspecified atom stereocenters. The second-order valence-corrected chi connectivity index (χ2v) is 4.04. The Morgan fingerprint density at radius 2 is 1.32 bits per heavy atom. The third kappa shape index (κ3) is 3.08. The number of carboxylic acid groups (broad SMARTS) is 2. The van der Waals surface area contributed by atoms with Gasteiger partial charge < -0.3 is 19.7 Å². The van der Waals surface area contributed by atoms with Gasteiger partial charge in [-0.2, -0.15) is 9.97 Å². The van der Waals surface area contributed by atoms with Crippen LogP contribution in [0.2, 0.25) is 0 Å². The minimum atomic E-state index is -1.27. The van der Waals surface area contributed by atoms with E-state index >= 15 is 0 Å². The molecule has 0 aliphatic rings. The van der Waals surface area contributed by atoms with Crippen LogP contribution in [0.5, 0.6) is 12.0 Å². The van der Waals surface area contributed by atoms with E-state index in [-0.39, 0.29) is 34.5 Å². The van der Waals surface area contributed by atoms with E-state index in [0.29, 0.717) is 0 Å². The van der Waals surface area contributed by atoms with Crippen LogP contribution in [0, 0.1) is 0 Å². The Labute approximate surface area is 124 Å². The highest BCUT2D eigenvalue weighted by atomic mass is 16.5. The molecule has 0 bridgehead atoms. The number of hydrogen-bond acceptors (Lipinski definition) is 7. The zero-order valence-corrected chi connectivity index (χ0v) is 11.6. The first-order chi connectivity index (χ1) is 10.4. The summed E-state index contributed by atoms with van der Waals surface area (Å²) in [6.07, 6.45) is 0. The lowest BCUT2D eigenvalue weighted by atomic mass is 10.1. The summed E-state index contributed by atoms with van der Waals surface area (Å²) in [5.74, 6) is -2.50. The van der Waals surface area contributed by atoms with Crippen molar-refractivity contribution in [2.45, 2.75) is 0 Å². The summed E-state index contributed by atoms with van der Waals surface area (Å²) in [7, 11) is 2.68. The van der Waals surface area contributed by atoms with E-state index in [1.165, 1.54) is 26.4 Å². The van der Waals surface area contributed by atoms with Gasteiger partial charge in [0.25, 0.3) is 0 Å². The van der Waals surface area contributed by atoms with Gasteiger partial charge in [0.05, 0.1) is 25.3 Å². The molecule has 0 saturated carbocycles. The van der Waals surface area contributed by atoms with E-state index < -0.39 is 11.9 Å². The summed E-state index contributed by atoms with van der Waals surface area (Å²) in [4.78, 5) is 34.0. The Morgan fingerprint density at radius 1 is 0.864 bits per heavy atom. The summed E-state index contributed by atoms with van der Waals surface area (Å²) in [5, 5.41) is 18.1. The van der Waals surface area contributed by atoms with E-state index in [2.05, 4.69) is 15.0 Å². The largest absolute Gasteiger partial charge is 0.478 e. The molecule has 0 atom stereocenters. The zero-order chi connectivity index (χ0) is 16.3. The highest BCUT2D eigenvalue weighted by molar-refractivity contribution is 5.95. The summed E-state index contributed by atoms with van der Waals surface area (Å²) in [6.45, 7) is 0.